The van der Waals surface area contributed by atoms with Crippen LogP contribution < -0.4 is 10.6 Å². The van der Waals surface area contributed by atoms with Gasteiger partial charge in [-0.2, -0.15) is 0 Å². The van der Waals surface area contributed by atoms with E-state index in [0.29, 0.717) is 13.1 Å². The van der Waals surface area contributed by atoms with E-state index < -0.39 is 5.97 Å². The average molecular weight is 296 g/mol. The van der Waals surface area contributed by atoms with Crippen LogP contribution in [0.3, 0.4) is 0 Å². The summed E-state index contributed by atoms with van der Waals surface area (Å²) in [7, 11) is 1.65. The van der Waals surface area contributed by atoms with Gasteiger partial charge < -0.3 is 25.0 Å². The van der Waals surface area contributed by atoms with Crippen molar-refractivity contribution in [1.82, 2.24) is 20.2 Å². The highest BCUT2D eigenvalue weighted by Crippen LogP contribution is 2.21. The third kappa shape index (κ3) is 4.19. The van der Waals surface area contributed by atoms with E-state index in [1.807, 2.05) is 0 Å². The van der Waals surface area contributed by atoms with Crippen molar-refractivity contribution in [3.05, 3.63) is 18.2 Å². The Morgan fingerprint density at radius 3 is 3.00 bits per heavy atom. The number of methoxy groups -OCH3 is 1. The standard InChI is InChI=1S/C13H20N4O4/c1-21-11-4-2-3-9(11)16-13(20)14-5-6-17-7-10(12(18)19)15-8-17/h7-9,11H,2-6H2,1H3,(H,18,19)(H2,14,16,20). The molecule has 1 aliphatic rings. The molecule has 3 N–H and O–H groups in total. The number of carboxylic acid groups (broad SMARTS) is 1. The Labute approximate surface area is 122 Å². The molecule has 8 heteroatoms. The molecule has 1 fully saturated rings. The molecule has 0 aliphatic heterocycles. The zero-order chi connectivity index (χ0) is 15.2. The lowest BCUT2D eigenvalue weighted by molar-refractivity contribution is 0.0691. The van der Waals surface area contributed by atoms with Crippen molar-refractivity contribution < 1.29 is 19.4 Å². The molecule has 0 spiro atoms. The topological polar surface area (TPSA) is 105 Å². The molecule has 0 aromatic carbocycles. The lowest BCUT2D eigenvalue weighted by atomic mass is 10.2. The minimum absolute atomic E-state index is 0.00616. The average Bonchev–Trinajstić information content (AvgIpc) is 3.07. The molecule has 2 rings (SSSR count). The smallest absolute Gasteiger partial charge is 0.356 e. The number of amides is 2. The van der Waals surface area contributed by atoms with Gasteiger partial charge in [-0.1, -0.05) is 0 Å². The number of carboxylic acids is 1. The van der Waals surface area contributed by atoms with Gasteiger partial charge in [0.05, 0.1) is 18.5 Å². The number of imidazole rings is 1. The fourth-order valence-electron chi connectivity index (χ4n) is 2.48. The first kappa shape index (κ1) is 15.3. The molecule has 0 radical (unpaired) electrons. The second kappa shape index (κ2) is 7.07. The van der Waals surface area contributed by atoms with E-state index in [4.69, 9.17) is 9.84 Å². The number of carbonyl (C=O) groups is 2. The van der Waals surface area contributed by atoms with E-state index in [9.17, 15) is 9.59 Å². The SMILES string of the molecule is COC1CCCC1NC(=O)NCCn1cnc(C(=O)O)c1. The number of urea groups is 1. The molecule has 1 aliphatic carbocycles. The third-order valence-corrected chi connectivity index (χ3v) is 3.58. The normalized spacial score (nSPS) is 21.2. The molecular formula is C13H20N4O4. The molecular weight excluding hydrogens is 276 g/mol. The number of hydrogen-bond donors (Lipinski definition) is 3. The third-order valence-electron chi connectivity index (χ3n) is 3.58. The van der Waals surface area contributed by atoms with E-state index in [2.05, 4.69) is 15.6 Å². The largest absolute Gasteiger partial charge is 0.476 e. The van der Waals surface area contributed by atoms with Crippen molar-refractivity contribution in [3.63, 3.8) is 0 Å². The first-order chi connectivity index (χ1) is 10.1. The van der Waals surface area contributed by atoms with Crippen LogP contribution in [0, 0.1) is 0 Å². The van der Waals surface area contributed by atoms with Crippen LogP contribution in [0.25, 0.3) is 0 Å². The van der Waals surface area contributed by atoms with Crippen LogP contribution in [-0.4, -0.2) is 52.5 Å². The summed E-state index contributed by atoms with van der Waals surface area (Å²) >= 11 is 0. The first-order valence-electron chi connectivity index (χ1n) is 6.92. The molecule has 1 heterocycles. The summed E-state index contributed by atoms with van der Waals surface area (Å²) in [5, 5.41) is 14.4. The van der Waals surface area contributed by atoms with Gasteiger partial charge in [0.2, 0.25) is 0 Å². The van der Waals surface area contributed by atoms with E-state index in [-0.39, 0.29) is 23.9 Å². The summed E-state index contributed by atoms with van der Waals surface area (Å²) in [6, 6.07) is -0.176. The van der Waals surface area contributed by atoms with Crippen molar-refractivity contribution in [1.29, 1.82) is 0 Å². The second-order valence-electron chi connectivity index (χ2n) is 5.01. The number of nitrogens with one attached hydrogen (secondary N) is 2. The predicted molar refractivity (Wildman–Crippen MR) is 74.2 cm³/mol. The number of ether oxygens (including phenoxy) is 1. The molecule has 2 amide bonds. The number of aromatic nitrogens is 2. The molecule has 1 saturated carbocycles. The Morgan fingerprint density at radius 1 is 1.52 bits per heavy atom. The van der Waals surface area contributed by atoms with Crippen LogP contribution in [0.1, 0.15) is 29.8 Å². The second-order valence-corrected chi connectivity index (χ2v) is 5.01. The van der Waals surface area contributed by atoms with Crippen LogP contribution >= 0.6 is 0 Å². The zero-order valence-corrected chi connectivity index (χ0v) is 11.9. The summed E-state index contributed by atoms with van der Waals surface area (Å²) < 4.78 is 6.94. The molecule has 0 saturated heterocycles. The molecule has 21 heavy (non-hydrogen) atoms. The van der Waals surface area contributed by atoms with Crippen molar-refractivity contribution in [2.75, 3.05) is 13.7 Å². The number of aromatic carboxylic acids is 1. The maximum atomic E-state index is 11.8. The molecule has 1 aromatic heterocycles. The van der Waals surface area contributed by atoms with Gasteiger partial charge in [-0.3, -0.25) is 0 Å². The quantitative estimate of drug-likeness (QED) is 0.706. The summed E-state index contributed by atoms with van der Waals surface area (Å²) in [4.78, 5) is 26.2. The molecule has 116 valence electrons. The molecule has 0 bridgehead atoms. The highest BCUT2D eigenvalue weighted by Gasteiger charge is 2.28. The Balaban J connectivity index is 1.70. The Morgan fingerprint density at radius 2 is 2.33 bits per heavy atom. The van der Waals surface area contributed by atoms with E-state index in [1.54, 1.807) is 11.7 Å². The van der Waals surface area contributed by atoms with Gasteiger partial charge in [-0.25, -0.2) is 14.6 Å². The van der Waals surface area contributed by atoms with Gasteiger partial charge in [-0.15, -0.1) is 0 Å². The molecule has 2 unspecified atom stereocenters. The van der Waals surface area contributed by atoms with Gasteiger partial charge in [0.15, 0.2) is 5.69 Å². The monoisotopic (exact) mass is 296 g/mol. The van der Waals surface area contributed by atoms with E-state index in [0.717, 1.165) is 19.3 Å². The highest BCUT2D eigenvalue weighted by molar-refractivity contribution is 5.84. The van der Waals surface area contributed by atoms with Crippen molar-refractivity contribution in [2.24, 2.45) is 0 Å². The lowest BCUT2D eigenvalue weighted by Gasteiger charge is -2.19. The van der Waals surface area contributed by atoms with Crippen LogP contribution in [0.5, 0.6) is 0 Å². The maximum absolute atomic E-state index is 11.8. The van der Waals surface area contributed by atoms with Crippen LogP contribution in [-0.2, 0) is 11.3 Å². The predicted octanol–water partition coefficient (Wildman–Crippen LogP) is 0.448. The highest BCUT2D eigenvalue weighted by atomic mass is 16.5. The van der Waals surface area contributed by atoms with E-state index in [1.165, 1.54) is 12.5 Å². The summed E-state index contributed by atoms with van der Waals surface area (Å²) in [5.41, 5.74) is -0.00616. The number of hydrogen-bond acceptors (Lipinski definition) is 4. The van der Waals surface area contributed by atoms with E-state index >= 15 is 0 Å². The summed E-state index contributed by atoms with van der Waals surface area (Å²) in [6.45, 7) is 0.859. The number of nitrogens with zero attached hydrogens (tertiary/aromatic N) is 2. The van der Waals surface area contributed by atoms with Gasteiger partial charge in [0.1, 0.15) is 0 Å². The number of rotatable bonds is 6. The maximum Gasteiger partial charge on any atom is 0.356 e. The van der Waals surface area contributed by atoms with Crippen LogP contribution in [0.4, 0.5) is 4.79 Å². The van der Waals surface area contributed by atoms with Crippen molar-refractivity contribution in [3.8, 4) is 0 Å². The first-order valence-corrected chi connectivity index (χ1v) is 6.92. The Kier molecular flexibility index (Phi) is 5.15. The van der Waals surface area contributed by atoms with Gasteiger partial charge >= 0.3 is 12.0 Å². The Bertz CT molecular complexity index is 502. The minimum Gasteiger partial charge on any atom is -0.476 e. The van der Waals surface area contributed by atoms with Crippen LogP contribution in [0.2, 0.25) is 0 Å². The fourth-order valence-corrected chi connectivity index (χ4v) is 2.48. The zero-order valence-electron chi connectivity index (χ0n) is 11.9. The Hall–Kier alpha value is -2.09. The number of carbonyl (C=O) groups excluding carboxylic acids is 1. The fraction of sp³-hybridized carbons (Fsp3) is 0.615. The summed E-state index contributed by atoms with van der Waals surface area (Å²) in [6.07, 6.45) is 5.89. The van der Waals surface area contributed by atoms with Gasteiger partial charge in [0.25, 0.3) is 0 Å². The lowest BCUT2D eigenvalue weighted by Crippen LogP contribution is -2.46. The summed E-state index contributed by atoms with van der Waals surface area (Å²) in [5.74, 6) is -1.06. The van der Waals surface area contributed by atoms with Crippen molar-refractivity contribution in [2.45, 2.75) is 38.0 Å². The van der Waals surface area contributed by atoms with Gasteiger partial charge in [-0.05, 0) is 19.3 Å². The van der Waals surface area contributed by atoms with Crippen molar-refractivity contribution >= 4 is 12.0 Å². The van der Waals surface area contributed by atoms with Crippen LogP contribution in [0.15, 0.2) is 12.5 Å². The molecule has 1 aromatic rings. The van der Waals surface area contributed by atoms with Gasteiger partial charge in [0, 0.05) is 26.4 Å². The molecule has 8 nitrogen and oxygen atoms in total. The molecule has 2 atom stereocenters. The minimum atomic E-state index is -1.06.